The van der Waals surface area contributed by atoms with Crippen molar-refractivity contribution in [3.05, 3.63) is 53.2 Å². The fourth-order valence-electron chi connectivity index (χ4n) is 1.26. The van der Waals surface area contributed by atoms with Crippen molar-refractivity contribution in [3.63, 3.8) is 0 Å². The maximum atomic E-state index is 8.63. The smallest absolute Gasteiger partial charge is 0.115 e. The molecule has 0 saturated carbocycles. The van der Waals surface area contributed by atoms with Gasteiger partial charge in [0, 0.05) is 26.2 Å². The molecule has 0 radical (unpaired) electrons. The van der Waals surface area contributed by atoms with E-state index in [0.29, 0.717) is 5.75 Å². The maximum Gasteiger partial charge on any atom is 0.115 e. The normalized spacial score (nSPS) is 13.6. The van der Waals surface area contributed by atoms with E-state index in [4.69, 9.17) is 5.11 Å². The van der Waals surface area contributed by atoms with Crippen molar-refractivity contribution in [1.82, 2.24) is 10.6 Å². The Morgan fingerprint density at radius 1 is 0.778 bits per heavy atom. The van der Waals surface area contributed by atoms with Gasteiger partial charge in [-0.25, -0.2) is 0 Å². The minimum absolute atomic E-state index is 0.322. The lowest BCUT2D eigenvalue weighted by Crippen LogP contribution is -2.39. The Morgan fingerprint density at radius 2 is 1.28 bits per heavy atom. The number of phenols is 1. The minimum atomic E-state index is 0.322. The van der Waals surface area contributed by atoms with Crippen molar-refractivity contribution >= 4 is 11.3 Å². The predicted molar refractivity (Wildman–Crippen MR) is 78.2 cm³/mol. The van der Waals surface area contributed by atoms with Gasteiger partial charge in [-0.1, -0.05) is 30.3 Å². The summed E-state index contributed by atoms with van der Waals surface area (Å²) in [6, 6.07) is 12.7. The molecule has 4 heteroatoms. The van der Waals surface area contributed by atoms with Gasteiger partial charge in [0.15, 0.2) is 0 Å². The average Bonchev–Trinajstić information content (AvgIpc) is 3.01. The lowest BCUT2D eigenvalue weighted by atomic mass is 10.3. The van der Waals surface area contributed by atoms with E-state index in [1.807, 2.05) is 29.0 Å². The summed E-state index contributed by atoms with van der Waals surface area (Å²) in [6.45, 7) is 4.56. The van der Waals surface area contributed by atoms with E-state index < -0.39 is 0 Å². The molecular formula is C14H20N2OS. The van der Waals surface area contributed by atoms with Gasteiger partial charge in [-0.3, -0.25) is 0 Å². The van der Waals surface area contributed by atoms with Gasteiger partial charge in [0.2, 0.25) is 0 Å². The number of thiophene rings is 1. The number of piperazine rings is 1. The summed E-state index contributed by atoms with van der Waals surface area (Å²) in [5, 5.41) is 19.2. The number of hydrogen-bond donors (Lipinski definition) is 3. The van der Waals surface area contributed by atoms with Gasteiger partial charge in [-0.05, 0) is 22.9 Å². The largest absolute Gasteiger partial charge is 0.508 e. The molecule has 1 aromatic carbocycles. The first kappa shape index (κ1) is 14.7. The number of nitrogens with one attached hydrogen (secondary N) is 2. The number of rotatable bonds is 0. The molecule has 0 unspecified atom stereocenters. The van der Waals surface area contributed by atoms with Crippen LogP contribution in [-0.4, -0.2) is 31.3 Å². The van der Waals surface area contributed by atoms with Crippen LogP contribution in [-0.2, 0) is 0 Å². The Kier molecular flexibility index (Phi) is 8.80. The van der Waals surface area contributed by atoms with Crippen molar-refractivity contribution in [2.24, 2.45) is 0 Å². The van der Waals surface area contributed by atoms with Crippen LogP contribution in [0.2, 0.25) is 0 Å². The second kappa shape index (κ2) is 10.8. The zero-order chi connectivity index (χ0) is 12.9. The van der Waals surface area contributed by atoms with Crippen molar-refractivity contribution < 1.29 is 5.11 Å². The van der Waals surface area contributed by atoms with Crippen LogP contribution in [0, 0.1) is 0 Å². The third kappa shape index (κ3) is 8.75. The SMILES string of the molecule is C1CNCCN1.Oc1ccccc1.c1ccsc1. The van der Waals surface area contributed by atoms with Crippen LogP contribution in [0.5, 0.6) is 5.75 Å². The molecule has 1 aliphatic rings. The molecule has 0 aliphatic carbocycles. The highest BCUT2D eigenvalue weighted by molar-refractivity contribution is 7.07. The van der Waals surface area contributed by atoms with E-state index in [0.717, 1.165) is 26.2 Å². The molecule has 0 atom stereocenters. The molecule has 0 amide bonds. The topological polar surface area (TPSA) is 44.3 Å². The van der Waals surface area contributed by atoms with Gasteiger partial charge in [-0.15, -0.1) is 0 Å². The quantitative estimate of drug-likeness (QED) is 0.684. The maximum absolute atomic E-state index is 8.63. The Hall–Kier alpha value is -1.36. The Morgan fingerprint density at radius 3 is 1.50 bits per heavy atom. The van der Waals surface area contributed by atoms with Gasteiger partial charge in [-0.2, -0.15) is 11.3 Å². The molecular weight excluding hydrogens is 244 g/mol. The first-order valence-corrected chi connectivity index (χ1v) is 6.96. The molecule has 2 aromatic rings. The molecule has 1 saturated heterocycles. The summed E-state index contributed by atoms with van der Waals surface area (Å²) in [5.41, 5.74) is 0. The molecule has 1 aromatic heterocycles. The summed E-state index contributed by atoms with van der Waals surface area (Å²) < 4.78 is 0. The molecule has 1 aliphatic heterocycles. The molecule has 18 heavy (non-hydrogen) atoms. The van der Waals surface area contributed by atoms with Crippen LogP contribution >= 0.6 is 11.3 Å². The summed E-state index contributed by atoms with van der Waals surface area (Å²) in [6.07, 6.45) is 0. The second-order valence-electron chi connectivity index (χ2n) is 3.63. The van der Waals surface area contributed by atoms with E-state index in [-0.39, 0.29) is 0 Å². The van der Waals surface area contributed by atoms with Crippen molar-refractivity contribution in [2.45, 2.75) is 0 Å². The molecule has 0 spiro atoms. The number of phenolic OH excluding ortho intramolecular Hbond substituents is 1. The predicted octanol–water partition coefficient (Wildman–Crippen LogP) is 2.32. The highest BCUT2D eigenvalue weighted by Gasteiger charge is 1.91. The van der Waals surface area contributed by atoms with Crippen molar-refractivity contribution in [3.8, 4) is 5.75 Å². The van der Waals surface area contributed by atoms with E-state index in [1.54, 1.807) is 35.6 Å². The molecule has 3 rings (SSSR count). The van der Waals surface area contributed by atoms with Gasteiger partial charge in [0.25, 0.3) is 0 Å². The number of benzene rings is 1. The zero-order valence-electron chi connectivity index (χ0n) is 10.4. The fraction of sp³-hybridized carbons (Fsp3) is 0.286. The van der Waals surface area contributed by atoms with Gasteiger partial charge in [0.05, 0.1) is 0 Å². The summed E-state index contributed by atoms with van der Waals surface area (Å²) >= 11 is 1.71. The van der Waals surface area contributed by atoms with E-state index in [9.17, 15) is 0 Å². The minimum Gasteiger partial charge on any atom is -0.508 e. The lowest BCUT2D eigenvalue weighted by Gasteiger charge is -2.11. The third-order valence-corrected chi connectivity index (χ3v) is 2.77. The molecule has 1 fully saturated rings. The summed E-state index contributed by atoms with van der Waals surface area (Å²) in [7, 11) is 0. The highest BCUT2D eigenvalue weighted by atomic mass is 32.1. The summed E-state index contributed by atoms with van der Waals surface area (Å²) in [5.74, 6) is 0.322. The molecule has 0 bridgehead atoms. The van der Waals surface area contributed by atoms with Crippen molar-refractivity contribution in [2.75, 3.05) is 26.2 Å². The third-order valence-electron chi connectivity index (χ3n) is 2.14. The Balaban J connectivity index is 0.000000137. The van der Waals surface area contributed by atoms with Gasteiger partial charge < -0.3 is 15.7 Å². The first-order valence-electron chi connectivity index (χ1n) is 6.02. The second-order valence-corrected chi connectivity index (χ2v) is 4.45. The van der Waals surface area contributed by atoms with Gasteiger partial charge in [0.1, 0.15) is 5.75 Å². The van der Waals surface area contributed by atoms with E-state index >= 15 is 0 Å². The lowest BCUT2D eigenvalue weighted by molar-refractivity contribution is 0.475. The Bertz CT molecular complexity index is 332. The molecule has 98 valence electrons. The number of para-hydroxylation sites is 1. The van der Waals surface area contributed by atoms with E-state index in [2.05, 4.69) is 10.6 Å². The molecule has 3 nitrogen and oxygen atoms in total. The zero-order valence-corrected chi connectivity index (χ0v) is 11.2. The average molecular weight is 264 g/mol. The fourth-order valence-corrected chi connectivity index (χ4v) is 1.71. The van der Waals surface area contributed by atoms with Crippen LogP contribution in [0.4, 0.5) is 0 Å². The molecule has 3 N–H and O–H groups in total. The Labute approximate surface area is 112 Å². The van der Waals surface area contributed by atoms with Crippen LogP contribution in [0.3, 0.4) is 0 Å². The van der Waals surface area contributed by atoms with Crippen LogP contribution in [0.25, 0.3) is 0 Å². The number of hydrogen-bond acceptors (Lipinski definition) is 4. The van der Waals surface area contributed by atoms with Crippen LogP contribution in [0.15, 0.2) is 53.2 Å². The van der Waals surface area contributed by atoms with Crippen molar-refractivity contribution in [1.29, 1.82) is 0 Å². The monoisotopic (exact) mass is 264 g/mol. The van der Waals surface area contributed by atoms with Crippen LogP contribution < -0.4 is 10.6 Å². The standard InChI is InChI=1S/C6H6O.C4H10N2.C4H4S/c7-6-4-2-1-3-5-6;1-2-6-4-3-5-1;1-2-4-5-3-1/h1-5,7H;5-6H,1-4H2;1-4H. The summed E-state index contributed by atoms with van der Waals surface area (Å²) in [4.78, 5) is 0. The van der Waals surface area contributed by atoms with E-state index in [1.165, 1.54) is 0 Å². The first-order chi connectivity index (χ1) is 8.89. The van der Waals surface area contributed by atoms with Gasteiger partial charge >= 0.3 is 0 Å². The van der Waals surface area contributed by atoms with Crippen LogP contribution in [0.1, 0.15) is 0 Å². The molecule has 2 heterocycles. The number of aromatic hydroxyl groups is 1. The highest BCUT2D eigenvalue weighted by Crippen LogP contribution is 2.02.